The predicted molar refractivity (Wildman–Crippen MR) is 287 cm³/mol. The molecule has 2 atom stereocenters. The Balaban J connectivity index is 0.000000200. The molecule has 5 amide bonds. The molecule has 0 aliphatic carbocycles. The molecule has 2 aliphatic rings. The monoisotopic (exact) mass is 1010 g/mol. The third kappa shape index (κ3) is 13.1. The summed E-state index contributed by atoms with van der Waals surface area (Å²) in [6.07, 6.45) is 8.82. The quantitative estimate of drug-likeness (QED) is 0.106. The van der Waals surface area contributed by atoms with Crippen LogP contribution in [0.3, 0.4) is 0 Å². The summed E-state index contributed by atoms with van der Waals surface area (Å²) in [6, 6.07) is 32.7. The zero-order valence-electron chi connectivity index (χ0n) is 43.2. The summed E-state index contributed by atoms with van der Waals surface area (Å²) in [5.41, 5.74) is 14.2. The number of ether oxygens (including phenoxy) is 2. The van der Waals surface area contributed by atoms with Crippen molar-refractivity contribution in [3.05, 3.63) is 168 Å². The van der Waals surface area contributed by atoms with Crippen molar-refractivity contribution in [3.63, 3.8) is 0 Å². The Morgan fingerprint density at radius 1 is 0.600 bits per heavy atom. The van der Waals surface area contributed by atoms with Crippen molar-refractivity contribution < 1.29 is 33.4 Å². The Hall–Kier alpha value is -8.73. The average molecular weight is 1010 g/mol. The molecule has 17 nitrogen and oxygen atoms in total. The van der Waals surface area contributed by atoms with E-state index in [0.717, 1.165) is 61.6 Å². The van der Waals surface area contributed by atoms with E-state index in [1.54, 1.807) is 86.9 Å². The van der Waals surface area contributed by atoms with Gasteiger partial charge in [-0.2, -0.15) is 5.10 Å². The van der Waals surface area contributed by atoms with Crippen LogP contribution >= 0.6 is 0 Å². The first-order valence-electron chi connectivity index (χ1n) is 24.8. The van der Waals surface area contributed by atoms with Gasteiger partial charge in [-0.3, -0.25) is 24.4 Å². The lowest BCUT2D eigenvalue weighted by Crippen LogP contribution is -2.50. The molecule has 4 aromatic carbocycles. The number of aryl methyl sites for hydroxylation is 1. The van der Waals surface area contributed by atoms with E-state index in [2.05, 4.69) is 36.8 Å². The molecule has 2 aliphatic heterocycles. The molecular weight excluding hydrogens is 949 g/mol. The number of fused-ring (bicyclic) bond motifs is 2. The maximum atomic E-state index is 14.1. The minimum atomic E-state index is -0.866. The van der Waals surface area contributed by atoms with Crippen LogP contribution in [0.15, 0.2) is 140 Å². The third-order valence-electron chi connectivity index (χ3n) is 12.5. The van der Waals surface area contributed by atoms with Gasteiger partial charge in [-0.15, -0.1) is 0 Å². The van der Waals surface area contributed by atoms with Gasteiger partial charge in [0, 0.05) is 80.3 Å². The first kappa shape index (κ1) is 52.6. The van der Waals surface area contributed by atoms with Crippen LogP contribution in [0.5, 0.6) is 0 Å². The van der Waals surface area contributed by atoms with Crippen LogP contribution in [0.4, 0.5) is 21.0 Å². The molecule has 386 valence electrons. The fraction of sp³-hybridized carbons (Fsp3) is 0.293. The SMILES string of the molecule is CC(C)(C)OC(=O)N[C@@H](Cc1ccccc1)C(=O)N1CCc2c(C(N)=O)cc(-c3ccncc3)cc21.Cn1ncnc1-c1cc(-c2ccncc2)cc2c1CCN2C(=O)[C@H](Cc1ccccc1)NC(=O)OC(C)(C)C. The molecule has 7 aromatic rings. The lowest BCUT2D eigenvalue weighted by Gasteiger charge is -2.27. The lowest BCUT2D eigenvalue weighted by atomic mass is 9.97. The molecule has 0 saturated carbocycles. The van der Waals surface area contributed by atoms with Gasteiger partial charge in [0.25, 0.3) is 0 Å². The number of benzene rings is 4. The largest absolute Gasteiger partial charge is 0.444 e. The lowest BCUT2D eigenvalue weighted by molar-refractivity contribution is -0.121. The molecule has 0 unspecified atom stereocenters. The highest BCUT2D eigenvalue weighted by Gasteiger charge is 2.37. The van der Waals surface area contributed by atoms with Crippen LogP contribution < -0.4 is 26.2 Å². The van der Waals surface area contributed by atoms with Gasteiger partial charge >= 0.3 is 12.2 Å². The molecule has 9 rings (SSSR count). The molecule has 75 heavy (non-hydrogen) atoms. The molecule has 0 fully saturated rings. The number of alkyl carbamates (subject to hydrolysis) is 2. The normalized spacial score (nSPS) is 13.6. The smallest absolute Gasteiger partial charge is 0.408 e. The second kappa shape index (κ2) is 22.6. The fourth-order valence-corrected chi connectivity index (χ4v) is 9.22. The molecule has 5 heterocycles. The molecule has 0 spiro atoms. The van der Waals surface area contributed by atoms with Gasteiger partial charge in [-0.1, -0.05) is 60.7 Å². The number of anilines is 2. The Labute approximate surface area is 436 Å². The van der Waals surface area contributed by atoms with Gasteiger partial charge in [0.1, 0.15) is 29.6 Å². The van der Waals surface area contributed by atoms with E-state index in [1.807, 2.05) is 104 Å². The minimum Gasteiger partial charge on any atom is -0.444 e. The van der Waals surface area contributed by atoms with Crippen LogP contribution in [0.2, 0.25) is 0 Å². The molecule has 4 N–H and O–H groups in total. The Bertz CT molecular complexity index is 3170. The van der Waals surface area contributed by atoms with Crippen LogP contribution in [0, 0.1) is 0 Å². The summed E-state index contributed by atoms with van der Waals surface area (Å²) < 4.78 is 12.7. The van der Waals surface area contributed by atoms with E-state index in [9.17, 15) is 24.0 Å². The molecule has 17 heteroatoms. The van der Waals surface area contributed by atoms with Crippen molar-refractivity contribution in [1.82, 2.24) is 35.4 Å². The number of rotatable bonds is 12. The van der Waals surface area contributed by atoms with Crippen molar-refractivity contribution in [2.75, 3.05) is 22.9 Å². The van der Waals surface area contributed by atoms with Gasteiger partial charge < -0.3 is 35.6 Å². The van der Waals surface area contributed by atoms with Gasteiger partial charge in [0.05, 0.1) is 0 Å². The van der Waals surface area contributed by atoms with Crippen molar-refractivity contribution in [3.8, 4) is 33.6 Å². The standard InChI is InChI=1S/C30H32N6O3.C28H30N4O4/c1-30(2,3)39-29(38)34-25(16-20-8-6-5-7-9-20)28(37)36-15-12-23-24(27-32-19-33-35(27)4)17-22(18-26(23)36)21-10-13-31-14-11-21;1-28(2,3)36-27(35)31-23(15-18-7-5-4-6-8-18)26(34)32-14-11-21-22(25(29)33)16-20(17-24(21)32)19-9-12-30-13-10-19/h5-11,13-14,17-19,25H,12,15-16H2,1-4H3,(H,34,38);4-10,12-13,16-17,23H,11,14-15H2,1-3H3,(H2,29,33)(H,31,35)/t25-;23-/m00/s1. The number of aromatic nitrogens is 5. The van der Waals surface area contributed by atoms with E-state index in [0.29, 0.717) is 43.6 Å². The highest BCUT2D eigenvalue weighted by molar-refractivity contribution is 6.05. The van der Waals surface area contributed by atoms with E-state index in [4.69, 9.17) is 15.2 Å². The third-order valence-corrected chi connectivity index (χ3v) is 12.5. The van der Waals surface area contributed by atoms with Gasteiger partial charge in [0.15, 0.2) is 5.82 Å². The average Bonchev–Trinajstić information content (AvgIpc) is 4.14. The first-order chi connectivity index (χ1) is 35.8. The van der Waals surface area contributed by atoms with Crippen molar-refractivity contribution in [2.45, 2.75) is 90.5 Å². The van der Waals surface area contributed by atoms with Crippen LogP contribution in [0.1, 0.15) is 74.2 Å². The van der Waals surface area contributed by atoms with Gasteiger partial charge in [-0.25, -0.2) is 19.3 Å². The number of primary amides is 1. The summed E-state index contributed by atoms with van der Waals surface area (Å²) >= 11 is 0. The number of amides is 5. The number of nitrogens with zero attached hydrogens (tertiary/aromatic N) is 7. The van der Waals surface area contributed by atoms with E-state index in [-0.39, 0.29) is 18.2 Å². The van der Waals surface area contributed by atoms with E-state index in [1.165, 1.54) is 6.33 Å². The number of carbonyl (C=O) groups excluding carboxylic acids is 5. The Morgan fingerprint density at radius 3 is 1.47 bits per heavy atom. The Morgan fingerprint density at radius 2 is 1.04 bits per heavy atom. The fourth-order valence-electron chi connectivity index (χ4n) is 9.22. The highest BCUT2D eigenvalue weighted by atomic mass is 16.6. The Kier molecular flexibility index (Phi) is 15.8. The summed E-state index contributed by atoms with van der Waals surface area (Å²) in [6.45, 7) is 11.6. The summed E-state index contributed by atoms with van der Waals surface area (Å²) in [4.78, 5) is 81.8. The second-order valence-electron chi connectivity index (χ2n) is 20.3. The van der Waals surface area contributed by atoms with Crippen LogP contribution in [-0.2, 0) is 51.8 Å². The molecule has 3 aromatic heterocycles. The zero-order valence-corrected chi connectivity index (χ0v) is 43.2. The number of hydrogen-bond acceptors (Lipinski definition) is 11. The maximum absolute atomic E-state index is 14.1. The molecule has 0 bridgehead atoms. The van der Waals surface area contributed by atoms with E-state index >= 15 is 0 Å². The number of nitrogens with two attached hydrogens (primary N) is 1. The van der Waals surface area contributed by atoms with Crippen LogP contribution in [0.25, 0.3) is 33.6 Å². The van der Waals surface area contributed by atoms with Gasteiger partial charge in [0.2, 0.25) is 17.7 Å². The highest BCUT2D eigenvalue weighted by Crippen LogP contribution is 2.41. The van der Waals surface area contributed by atoms with Gasteiger partial charge in [-0.05, 0) is 147 Å². The topological polar surface area (TPSA) is 217 Å². The zero-order chi connectivity index (χ0) is 53.4. The minimum absolute atomic E-state index is 0.195. The second-order valence-corrected chi connectivity index (χ2v) is 20.3. The summed E-state index contributed by atoms with van der Waals surface area (Å²) in [7, 11) is 1.85. The van der Waals surface area contributed by atoms with Crippen molar-refractivity contribution >= 4 is 41.3 Å². The summed E-state index contributed by atoms with van der Waals surface area (Å²) in [5, 5.41) is 9.87. The number of carbonyl (C=O) groups is 5. The number of nitrogens with one attached hydrogen (secondary N) is 2. The molecular formula is C58H62N10O7. The predicted octanol–water partition coefficient (Wildman–Crippen LogP) is 8.44. The van der Waals surface area contributed by atoms with Crippen molar-refractivity contribution in [2.24, 2.45) is 12.8 Å². The maximum Gasteiger partial charge on any atom is 0.408 e. The number of hydrogen-bond donors (Lipinski definition) is 3. The molecule has 0 radical (unpaired) electrons. The number of pyridine rings is 2. The molecule has 0 saturated heterocycles. The van der Waals surface area contributed by atoms with E-state index < -0.39 is 41.4 Å². The summed E-state index contributed by atoms with van der Waals surface area (Å²) in [5.74, 6) is -0.307. The van der Waals surface area contributed by atoms with Crippen LogP contribution in [-0.4, -0.2) is 91.0 Å². The first-order valence-corrected chi connectivity index (χ1v) is 24.8. The van der Waals surface area contributed by atoms with Crippen molar-refractivity contribution in [1.29, 1.82) is 0 Å².